The third kappa shape index (κ3) is 9.10. The van der Waals surface area contributed by atoms with Gasteiger partial charge in [-0.1, -0.05) is 36.2 Å². The predicted molar refractivity (Wildman–Crippen MR) is 149 cm³/mol. The van der Waals surface area contributed by atoms with Crippen LogP contribution in [-0.2, 0) is 35.7 Å². The number of carboxylic acids is 1. The Kier molecular flexibility index (Phi) is 11.1. The SMILES string of the molecule is CC1CCCN(C(C)C(=O)NC(CC(=O)O)C(=O)Cn2nnc(Sc3c(Cl)cccc3Cl)n2)C(=O)C1NS(C)(=O)=O. The molecule has 1 fully saturated rings. The van der Waals surface area contributed by atoms with Crippen molar-refractivity contribution in [3.8, 4) is 0 Å². The summed E-state index contributed by atoms with van der Waals surface area (Å²) in [5.41, 5.74) is 0. The van der Waals surface area contributed by atoms with Crippen LogP contribution in [0.5, 0.6) is 0 Å². The maximum absolute atomic E-state index is 13.2. The number of aromatic nitrogens is 4. The Labute approximate surface area is 250 Å². The van der Waals surface area contributed by atoms with E-state index in [1.54, 1.807) is 25.1 Å². The molecule has 0 bridgehead atoms. The van der Waals surface area contributed by atoms with Crippen LogP contribution in [0.1, 0.15) is 33.1 Å². The fraction of sp³-hybridized carbons (Fsp3) is 0.522. The Bertz CT molecular complexity index is 1400. The number of aliphatic carboxylic acids is 1. The van der Waals surface area contributed by atoms with E-state index in [-0.39, 0.29) is 17.6 Å². The van der Waals surface area contributed by atoms with E-state index >= 15 is 0 Å². The summed E-state index contributed by atoms with van der Waals surface area (Å²) in [6.45, 7) is 2.83. The molecule has 1 aliphatic heterocycles. The zero-order valence-electron chi connectivity index (χ0n) is 22.3. The van der Waals surface area contributed by atoms with Gasteiger partial charge in [-0.25, -0.2) is 13.1 Å². The number of Topliss-reactive ketones (excluding diaryl/α,β-unsaturated/α-hetero) is 1. The minimum Gasteiger partial charge on any atom is -0.481 e. The van der Waals surface area contributed by atoms with Gasteiger partial charge in [-0.05, 0) is 54.8 Å². The normalized spacial score (nSPS) is 19.3. The van der Waals surface area contributed by atoms with Crippen LogP contribution in [-0.4, -0.2) is 93.1 Å². The van der Waals surface area contributed by atoms with Gasteiger partial charge in [-0.2, -0.15) is 4.80 Å². The quantitative estimate of drug-likeness (QED) is 0.299. The highest BCUT2D eigenvalue weighted by atomic mass is 35.5. The maximum Gasteiger partial charge on any atom is 0.305 e. The lowest BCUT2D eigenvalue weighted by molar-refractivity contribution is -0.143. The predicted octanol–water partition coefficient (Wildman–Crippen LogP) is 1.22. The molecule has 2 aromatic rings. The average Bonchev–Trinajstić information content (AvgIpc) is 3.26. The molecule has 1 aromatic heterocycles. The average molecular weight is 651 g/mol. The van der Waals surface area contributed by atoms with Crippen molar-refractivity contribution < 1.29 is 32.7 Å². The molecule has 14 nitrogen and oxygen atoms in total. The van der Waals surface area contributed by atoms with Gasteiger partial charge in [-0.15, -0.1) is 10.2 Å². The number of amides is 2. The molecule has 224 valence electrons. The lowest BCUT2D eigenvalue weighted by Gasteiger charge is -2.31. The van der Waals surface area contributed by atoms with E-state index in [0.29, 0.717) is 27.8 Å². The maximum atomic E-state index is 13.2. The number of likely N-dealkylation sites (tertiary alicyclic amines) is 1. The van der Waals surface area contributed by atoms with Crippen LogP contribution in [0.4, 0.5) is 0 Å². The van der Waals surface area contributed by atoms with Gasteiger partial charge in [0, 0.05) is 6.54 Å². The van der Waals surface area contributed by atoms with Gasteiger partial charge in [-0.3, -0.25) is 19.2 Å². The van der Waals surface area contributed by atoms with Crippen molar-refractivity contribution in [2.75, 3.05) is 12.8 Å². The number of carbonyl (C=O) groups excluding carboxylic acids is 3. The van der Waals surface area contributed by atoms with Gasteiger partial charge in [0.05, 0.1) is 27.6 Å². The number of hydrogen-bond donors (Lipinski definition) is 3. The molecule has 3 N–H and O–H groups in total. The highest BCUT2D eigenvalue weighted by molar-refractivity contribution is 7.99. The first-order valence-electron chi connectivity index (χ1n) is 12.4. The Morgan fingerprint density at radius 1 is 1.24 bits per heavy atom. The molecule has 0 saturated carbocycles. The largest absolute Gasteiger partial charge is 0.481 e. The number of ketones is 1. The lowest BCUT2D eigenvalue weighted by Crippen LogP contribution is -2.57. The van der Waals surface area contributed by atoms with E-state index < -0.39 is 64.7 Å². The molecule has 2 heterocycles. The van der Waals surface area contributed by atoms with Crippen molar-refractivity contribution in [3.63, 3.8) is 0 Å². The molecule has 2 amide bonds. The molecule has 4 unspecified atom stereocenters. The fourth-order valence-corrected chi connectivity index (χ4v) is 6.32. The number of nitrogens with zero attached hydrogens (tertiary/aromatic N) is 5. The van der Waals surface area contributed by atoms with Crippen LogP contribution >= 0.6 is 35.0 Å². The second-order valence-electron chi connectivity index (χ2n) is 9.58. The zero-order valence-corrected chi connectivity index (χ0v) is 25.4. The summed E-state index contributed by atoms with van der Waals surface area (Å²) in [5.74, 6) is -3.73. The van der Waals surface area contributed by atoms with E-state index in [1.165, 1.54) is 11.8 Å². The molecule has 4 atom stereocenters. The number of carbonyl (C=O) groups is 4. The molecule has 0 aliphatic carbocycles. The number of rotatable bonds is 12. The Morgan fingerprint density at radius 2 is 1.90 bits per heavy atom. The molecule has 1 saturated heterocycles. The zero-order chi connectivity index (χ0) is 30.5. The topological polar surface area (TPSA) is 194 Å². The van der Waals surface area contributed by atoms with Crippen LogP contribution in [0.3, 0.4) is 0 Å². The van der Waals surface area contributed by atoms with Gasteiger partial charge in [0.2, 0.25) is 27.0 Å². The molecule has 41 heavy (non-hydrogen) atoms. The summed E-state index contributed by atoms with van der Waals surface area (Å²) in [7, 11) is -3.71. The summed E-state index contributed by atoms with van der Waals surface area (Å²) >= 11 is 13.3. The standard InChI is InChI=1S/C23H29Cl2N7O7S2/c1-12-6-5-9-31(22(37)19(12)29-41(3,38)39)13(2)21(36)26-16(10-18(34)35)17(33)11-32-28-23(27-30-32)40-20-14(24)7-4-8-15(20)25/h4,7-8,12-13,16,19,29H,5-6,9-11H2,1-3H3,(H,26,36)(H,34,35). The van der Waals surface area contributed by atoms with E-state index in [9.17, 15) is 32.7 Å². The van der Waals surface area contributed by atoms with E-state index in [0.717, 1.165) is 22.8 Å². The molecule has 0 spiro atoms. The third-order valence-corrected chi connectivity index (χ3v) is 8.82. The smallest absolute Gasteiger partial charge is 0.305 e. The second-order valence-corrected chi connectivity index (χ2v) is 13.1. The second kappa shape index (κ2) is 13.9. The van der Waals surface area contributed by atoms with Gasteiger partial charge >= 0.3 is 5.97 Å². The van der Waals surface area contributed by atoms with E-state index in [4.69, 9.17) is 23.2 Å². The summed E-state index contributed by atoms with van der Waals surface area (Å²) in [4.78, 5) is 53.5. The number of tetrazole rings is 1. The number of carboxylic acid groups (broad SMARTS) is 1. The van der Waals surface area contributed by atoms with Crippen LogP contribution in [0.2, 0.25) is 10.0 Å². The van der Waals surface area contributed by atoms with E-state index in [2.05, 4.69) is 25.4 Å². The van der Waals surface area contributed by atoms with Crippen molar-refractivity contribution in [1.29, 1.82) is 0 Å². The van der Waals surface area contributed by atoms with Crippen LogP contribution in [0.15, 0.2) is 28.3 Å². The van der Waals surface area contributed by atoms with Crippen molar-refractivity contribution in [2.24, 2.45) is 5.92 Å². The minimum absolute atomic E-state index is 0.131. The summed E-state index contributed by atoms with van der Waals surface area (Å²) in [5, 5.41) is 24.4. The van der Waals surface area contributed by atoms with Crippen molar-refractivity contribution >= 4 is 68.6 Å². The lowest BCUT2D eigenvalue weighted by atomic mass is 9.98. The van der Waals surface area contributed by atoms with Crippen LogP contribution in [0, 0.1) is 5.92 Å². The number of sulfonamides is 1. The first-order valence-corrected chi connectivity index (χ1v) is 15.8. The van der Waals surface area contributed by atoms with Gasteiger partial charge in [0.25, 0.3) is 0 Å². The molecular formula is C23H29Cl2N7O7S2. The summed E-state index contributed by atoms with van der Waals surface area (Å²) < 4.78 is 26.0. The highest BCUT2D eigenvalue weighted by Gasteiger charge is 2.38. The third-order valence-electron chi connectivity index (χ3n) is 6.29. The van der Waals surface area contributed by atoms with Crippen molar-refractivity contribution in [1.82, 2.24) is 35.1 Å². The Morgan fingerprint density at radius 3 is 2.51 bits per heavy atom. The Balaban J connectivity index is 1.71. The first-order chi connectivity index (χ1) is 19.2. The summed E-state index contributed by atoms with van der Waals surface area (Å²) in [6.07, 6.45) is 1.27. The first kappa shape index (κ1) is 32.7. The highest BCUT2D eigenvalue weighted by Crippen LogP contribution is 2.36. The summed E-state index contributed by atoms with van der Waals surface area (Å²) in [6, 6.07) is 1.29. The molecule has 1 aliphatic rings. The number of benzene rings is 1. The number of nitrogens with one attached hydrogen (secondary N) is 2. The monoisotopic (exact) mass is 649 g/mol. The minimum atomic E-state index is -3.71. The van der Waals surface area contributed by atoms with Crippen molar-refractivity contribution in [2.45, 2.75) is 67.8 Å². The Hall–Kier alpha value is -2.79. The molecular weight excluding hydrogens is 621 g/mol. The van der Waals surface area contributed by atoms with Crippen LogP contribution < -0.4 is 10.0 Å². The molecule has 1 aromatic carbocycles. The van der Waals surface area contributed by atoms with Gasteiger partial charge in [0.1, 0.15) is 24.7 Å². The fourth-order valence-electron chi connectivity index (χ4n) is 4.18. The van der Waals surface area contributed by atoms with Crippen molar-refractivity contribution in [3.05, 3.63) is 28.2 Å². The number of hydrogen-bond acceptors (Lipinski definition) is 10. The van der Waals surface area contributed by atoms with Gasteiger partial charge in [0.15, 0.2) is 5.78 Å². The number of halogens is 2. The van der Waals surface area contributed by atoms with Gasteiger partial charge < -0.3 is 15.3 Å². The molecule has 0 radical (unpaired) electrons. The van der Waals surface area contributed by atoms with E-state index in [1.807, 2.05) is 0 Å². The van der Waals surface area contributed by atoms with Crippen LogP contribution in [0.25, 0.3) is 0 Å². The molecule has 18 heteroatoms. The molecule has 3 rings (SSSR count).